The summed E-state index contributed by atoms with van der Waals surface area (Å²) in [6.07, 6.45) is 2.64. The summed E-state index contributed by atoms with van der Waals surface area (Å²) in [4.78, 5) is 14.4. The van der Waals surface area contributed by atoms with Crippen LogP contribution in [0.3, 0.4) is 0 Å². The van der Waals surface area contributed by atoms with Gasteiger partial charge >= 0.3 is 0 Å². The molecule has 92 valence electrons. The van der Waals surface area contributed by atoms with Crippen molar-refractivity contribution >= 4 is 17.7 Å². The van der Waals surface area contributed by atoms with Gasteiger partial charge in [-0.25, -0.2) is 0 Å². The molecule has 0 aromatic heterocycles. The van der Waals surface area contributed by atoms with Gasteiger partial charge < -0.3 is 4.90 Å². The predicted molar refractivity (Wildman–Crippen MR) is 68.4 cm³/mol. The molecule has 2 heterocycles. The average molecular weight is 242 g/mol. The zero-order valence-corrected chi connectivity index (χ0v) is 11.2. The highest BCUT2D eigenvalue weighted by molar-refractivity contribution is 7.99. The Labute approximate surface area is 102 Å². The first-order valence-corrected chi connectivity index (χ1v) is 7.42. The van der Waals surface area contributed by atoms with Gasteiger partial charge in [0, 0.05) is 11.8 Å². The molecule has 1 amide bonds. The Morgan fingerprint density at radius 1 is 1.50 bits per heavy atom. The van der Waals surface area contributed by atoms with Gasteiger partial charge in [-0.05, 0) is 31.4 Å². The van der Waals surface area contributed by atoms with Gasteiger partial charge in [-0.2, -0.15) is 11.8 Å². The number of nitrogens with one attached hydrogen (secondary N) is 1. The number of thioether (sulfide) groups is 1. The lowest BCUT2D eigenvalue weighted by molar-refractivity contribution is -0.132. The molecule has 0 aromatic carbocycles. The van der Waals surface area contributed by atoms with Gasteiger partial charge in [-0.3, -0.25) is 10.1 Å². The minimum Gasteiger partial charge on any atom is -0.322 e. The third-order valence-electron chi connectivity index (χ3n) is 3.55. The quantitative estimate of drug-likeness (QED) is 0.799. The molecule has 0 aliphatic carbocycles. The van der Waals surface area contributed by atoms with Crippen molar-refractivity contribution < 1.29 is 4.79 Å². The molecule has 3 unspecified atom stereocenters. The number of hydrogen-bond donors (Lipinski definition) is 1. The first kappa shape index (κ1) is 12.2. The van der Waals surface area contributed by atoms with Gasteiger partial charge in [-0.15, -0.1) is 0 Å². The molecule has 2 aliphatic heterocycles. The number of carbonyl (C=O) groups is 1. The van der Waals surface area contributed by atoms with Crippen molar-refractivity contribution in [3.05, 3.63) is 0 Å². The van der Waals surface area contributed by atoms with E-state index >= 15 is 0 Å². The fourth-order valence-electron chi connectivity index (χ4n) is 2.68. The SMILES string of the molecule is CC(C)C1NC(C)N(C2CCCSC2)C1=O. The zero-order chi connectivity index (χ0) is 11.7. The summed E-state index contributed by atoms with van der Waals surface area (Å²) in [6, 6.07) is 0.486. The third kappa shape index (κ3) is 2.23. The van der Waals surface area contributed by atoms with Crippen LogP contribution in [0.15, 0.2) is 0 Å². The molecule has 2 aliphatic rings. The van der Waals surface area contributed by atoms with Crippen molar-refractivity contribution in [2.75, 3.05) is 11.5 Å². The van der Waals surface area contributed by atoms with Crippen LogP contribution in [0, 0.1) is 5.92 Å². The fraction of sp³-hybridized carbons (Fsp3) is 0.917. The van der Waals surface area contributed by atoms with Gasteiger partial charge in [0.2, 0.25) is 5.91 Å². The highest BCUT2D eigenvalue weighted by atomic mass is 32.2. The number of carbonyl (C=O) groups excluding carboxylic acids is 1. The lowest BCUT2D eigenvalue weighted by atomic mass is 10.0. The Hall–Kier alpha value is -0.220. The summed E-state index contributed by atoms with van der Waals surface area (Å²) in [5, 5.41) is 3.42. The minimum atomic E-state index is 0.0296. The molecule has 3 nitrogen and oxygen atoms in total. The third-order valence-corrected chi connectivity index (χ3v) is 4.75. The summed E-state index contributed by atoms with van der Waals surface area (Å²) in [7, 11) is 0. The summed E-state index contributed by atoms with van der Waals surface area (Å²) in [5.41, 5.74) is 0. The van der Waals surface area contributed by atoms with Gasteiger partial charge in [-0.1, -0.05) is 13.8 Å². The van der Waals surface area contributed by atoms with Crippen LogP contribution in [0.1, 0.15) is 33.6 Å². The smallest absolute Gasteiger partial charge is 0.241 e. The molecule has 4 heteroatoms. The Balaban J connectivity index is 2.06. The molecule has 1 N–H and O–H groups in total. The van der Waals surface area contributed by atoms with E-state index in [0.717, 1.165) is 5.75 Å². The normalized spacial score (nSPS) is 36.1. The largest absolute Gasteiger partial charge is 0.322 e. The van der Waals surface area contributed by atoms with Crippen molar-refractivity contribution in [1.82, 2.24) is 10.2 Å². The van der Waals surface area contributed by atoms with E-state index in [1.807, 2.05) is 11.8 Å². The molecule has 3 atom stereocenters. The van der Waals surface area contributed by atoms with Crippen molar-refractivity contribution in [3.8, 4) is 0 Å². The van der Waals surface area contributed by atoms with Gasteiger partial charge in [0.25, 0.3) is 0 Å². The molecular formula is C12H22N2OS. The van der Waals surface area contributed by atoms with Crippen LogP contribution in [0.25, 0.3) is 0 Å². The topological polar surface area (TPSA) is 32.3 Å². The maximum atomic E-state index is 12.3. The first-order chi connectivity index (χ1) is 7.61. The van der Waals surface area contributed by atoms with Gasteiger partial charge in [0.15, 0.2) is 0 Å². The standard InChI is InChI=1S/C12H22N2OS/c1-8(2)11-12(15)14(9(3)13-11)10-5-4-6-16-7-10/h8-11,13H,4-7H2,1-3H3. The predicted octanol–water partition coefficient (Wildman–Crippen LogP) is 1.68. The average Bonchev–Trinajstić information content (AvgIpc) is 2.56. The monoisotopic (exact) mass is 242 g/mol. The van der Waals surface area contributed by atoms with E-state index in [1.165, 1.54) is 18.6 Å². The zero-order valence-electron chi connectivity index (χ0n) is 10.4. The van der Waals surface area contributed by atoms with E-state index in [4.69, 9.17) is 0 Å². The van der Waals surface area contributed by atoms with Crippen LogP contribution in [0.4, 0.5) is 0 Å². The molecular weight excluding hydrogens is 220 g/mol. The number of hydrogen-bond acceptors (Lipinski definition) is 3. The molecule has 0 saturated carbocycles. The van der Waals surface area contributed by atoms with Crippen molar-refractivity contribution in [2.24, 2.45) is 5.92 Å². The van der Waals surface area contributed by atoms with Gasteiger partial charge in [0.05, 0.1) is 12.2 Å². The molecule has 0 spiro atoms. The second kappa shape index (κ2) is 4.96. The number of nitrogens with zero attached hydrogens (tertiary/aromatic N) is 1. The second-order valence-electron chi connectivity index (χ2n) is 5.18. The molecule has 2 fully saturated rings. The van der Waals surface area contributed by atoms with Crippen LogP contribution in [0.5, 0.6) is 0 Å². The molecule has 0 radical (unpaired) electrons. The Bertz CT molecular complexity index is 264. The lowest BCUT2D eigenvalue weighted by Crippen LogP contribution is -2.45. The highest BCUT2D eigenvalue weighted by Gasteiger charge is 2.41. The first-order valence-electron chi connectivity index (χ1n) is 6.27. The maximum absolute atomic E-state index is 12.3. The van der Waals surface area contributed by atoms with E-state index < -0.39 is 0 Å². The molecule has 2 saturated heterocycles. The van der Waals surface area contributed by atoms with Crippen LogP contribution >= 0.6 is 11.8 Å². The Morgan fingerprint density at radius 2 is 2.25 bits per heavy atom. The van der Waals surface area contributed by atoms with Crippen molar-refractivity contribution in [2.45, 2.75) is 51.9 Å². The Morgan fingerprint density at radius 3 is 2.75 bits per heavy atom. The van der Waals surface area contributed by atoms with Gasteiger partial charge in [0.1, 0.15) is 0 Å². The molecule has 16 heavy (non-hydrogen) atoms. The highest BCUT2D eigenvalue weighted by Crippen LogP contribution is 2.27. The minimum absolute atomic E-state index is 0.0296. The van der Waals surface area contributed by atoms with E-state index in [2.05, 4.69) is 31.0 Å². The van der Waals surface area contributed by atoms with Crippen LogP contribution in [0.2, 0.25) is 0 Å². The maximum Gasteiger partial charge on any atom is 0.241 e. The van der Waals surface area contributed by atoms with E-state index in [9.17, 15) is 4.79 Å². The second-order valence-corrected chi connectivity index (χ2v) is 6.33. The summed E-state index contributed by atoms with van der Waals surface area (Å²) >= 11 is 1.98. The summed E-state index contributed by atoms with van der Waals surface area (Å²) in [5.74, 6) is 3.07. The van der Waals surface area contributed by atoms with Crippen LogP contribution < -0.4 is 5.32 Å². The molecule has 0 bridgehead atoms. The number of amides is 1. The fourth-order valence-corrected chi connectivity index (χ4v) is 3.82. The summed E-state index contributed by atoms with van der Waals surface area (Å²) < 4.78 is 0. The van der Waals surface area contributed by atoms with E-state index in [-0.39, 0.29) is 12.2 Å². The van der Waals surface area contributed by atoms with E-state index in [1.54, 1.807) is 0 Å². The van der Waals surface area contributed by atoms with Crippen LogP contribution in [-0.4, -0.2) is 40.6 Å². The summed E-state index contributed by atoms with van der Waals surface area (Å²) in [6.45, 7) is 6.34. The van der Waals surface area contributed by atoms with Crippen molar-refractivity contribution in [1.29, 1.82) is 0 Å². The molecule has 0 aromatic rings. The Kier molecular flexibility index (Phi) is 3.80. The molecule has 2 rings (SSSR count). The lowest BCUT2D eigenvalue weighted by Gasteiger charge is -2.33. The van der Waals surface area contributed by atoms with Crippen molar-refractivity contribution in [3.63, 3.8) is 0 Å². The van der Waals surface area contributed by atoms with E-state index in [0.29, 0.717) is 17.9 Å². The number of rotatable bonds is 2. The van der Waals surface area contributed by atoms with Crippen LogP contribution in [-0.2, 0) is 4.79 Å².